The molecule has 0 aliphatic rings. The molecule has 0 saturated carbocycles. The van der Waals surface area contributed by atoms with Gasteiger partial charge in [-0.1, -0.05) is 53.0 Å². The van der Waals surface area contributed by atoms with Crippen LogP contribution in [0.5, 0.6) is 0 Å². The normalized spacial score (nSPS) is 11.1. The van der Waals surface area contributed by atoms with E-state index in [1.807, 2.05) is 0 Å². The van der Waals surface area contributed by atoms with Gasteiger partial charge in [0.05, 0.1) is 16.5 Å². The number of halogens is 3. The average Bonchev–Trinajstić information content (AvgIpc) is 2.64. The molecule has 0 aliphatic carbocycles. The molecule has 150 valence electrons. The Hall–Kier alpha value is -2.25. The van der Waals surface area contributed by atoms with Crippen molar-refractivity contribution in [1.82, 2.24) is 0 Å². The molecule has 0 atom stereocenters. The van der Waals surface area contributed by atoms with Gasteiger partial charge in [0.2, 0.25) is 5.91 Å². The standard InChI is InChI=1S/C20H15Cl3N2O3S/c21-14-6-10-15(11-7-14)24-19(26)12-13-4-8-16(9-5-13)25-29(27,28)20-17(22)2-1-3-18(20)23/h1-11,25H,12H2,(H,24,26). The number of hydrogen-bond acceptors (Lipinski definition) is 3. The molecule has 0 aromatic heterocycles. The SMILES string of the molecule is O=C(Cc1ccc(NS(=O)(=O)c2c(Cl)cccc2Cl)cc1)Nc1ccc(Cl)cc1. The van der Waals surface area contributed by atoms with Gasteiger partial charge in [-0.2, -0.15) is 0 Å². The van der Waals surface area contributed by atoms with Gasteiger partial charge in [-0.15, -0.1) is 0 Å². The van der Waals surface area contributed by atoms with E-state index in [1.165, 1.54) is 12.1 Å². The van der Waals surface area contributed by atoms with Crippen molar-refractivity contribution in [2.24, 2.45) is 0 Å². The van der Waals surface area contributed by atoms with Crippen molar-refractivity contribution < 1.29 is 13.2 Å². The minimum Gasteiger partial charge on any atom is -0.326 e. The van der Waals surface area contributed by atoms with Crippen molar-refractivity contribution in [1.29, 1.82) is 0 Å². The second-order valence-electron chi connectivity index (χ2n) is 6.09. The largest absolute Gasteiger partial charge is 0.326 e. The Balaban J connectivity index is 1.67. The van der Waals surface area contributed by atoms with E-state index in [1.54, 1.807) is 54.6 Å². The molecule has 0 aliphatic heterocycles. The summed E-state index contributed by atoms with van der Waals surface area (Å²) in [6.07, 6.45) is 0.131. The lowest BCUT2D eigenvalue weighted by atomic mass is 10.1. The quantitative estimate of drug-likeness (QED) is 0.491. The van der Waals surface area contributed by atoms with Crippen LogP contribution in [-0.4, -0.2) is 14.3 Å². The van der Waals surface area contributed by atoms with Crippen molar-refractivity contribution in [3.8, 4) is 0 Å². The van der Waals surface area contributed by atoms with Crippen LogP contribution in [0, 0.1) is 0 Å². The highest BCUT2D eigenvalue weighted by molar-refractivity contribution is 7.93. The molecule has 0 saturated heterocycles. The number of nitrogens with one attached hydrogen (secondary N) is 2. The number of carbonyl (C=O) groups excluding carboxylic acids is 1. The van der Waals surface area contributed by atoms with Gasteiger partial charge in [0.1, 0.15) is 4.90 Å². The molecule has 3 rings (SSSR count). The highest BCUT2D eigenvalue weighted by Gasteiger charge is 2.21. The first-order valence-corrected chi connectivity index (χ1v) is 11.0. The van der Waals surface area contributed by atoms with Crippen LogP contribution < -0.4 is 10.0 Å². The van der Waals surface area contributed by atoms with E-state index >= 15 is 0 Å². The number of anilines is 2. The van der Waals surface area contributed by atoms with Gasteiger partial charge in [-0.3, -0.25) is 9.52 Å². The van der Waals surface area contributed by atoms with E-state index in [2.05, 4.69) is 10.0 Å². The van der Waals surface area contributed by atoms with Crippen LogP contribution in [-0.2, 0) is 21.2 Å². The summed E-state index contributed by atoms with van der Waals surface area (Å²) in [5, 5.41) is 3.40. The third-order valence-electron chi connectivity index (χ3n) is 3.89. The Kier molecular flexibility index (Phi) is 6.70. The average molecular weight is 470 g/mol. The maximum atomic E-state index is 12.6. The fourth-order valence-corrected chi connectivity index (χ4v) is 4.89. The van der Waals surface area contributed by atoms with Gasteiger partial charge >= 0.3 is 0 Å². The van der Waals surface area contributed by atoms with Crippen LogP contribution >= 0.6 is 34.8 Å². The van der Waals surface area contributed by atoms with Crippen molar-refractivity contribution in [3.63, 3.8) is 0 Å². The molecule has 0 heterocycles. The summed E-state index contributed by atoms with van der Waals surface area (Å²) in [6.45, 7) is 0. The third-order valence-corrected chi connectivity index (χ3v) is 6.47. The third kappa shape index (κ3) is 5.64. The van der Waals surface area contributed by atoms with Crippen LogP contribution in [0.3, 0.4) is 0 Å². The second-order valence-corrected chi connectivity index (χ2v) is 8.96. The molecule has 0 radical (unpaired) electrons. The van der Waals surface area contributed by atoms with E-state index in [0.29, 0.717) is 16.4 Å². The zero-order valence-corrected chi connectivity index (χ0v) is 17.9. The maximum absolute atomic E-state index is 12.6. The number of sulfonamides is 1. The van der Waals surface area contributed by atoms with Gasteiger partial charge in [0.15, 0.2) is 0 Å². The molecular weight excluding hydrogens is 455 g/mol. The highest BCUT2D eigenvalue weighted by Crippen LogP contribution is 2.30. The van der Waals surface area contributed by atoms with Crippen LogP contribution in [0.2, 0.25) is 15.1 Å². The van der Waals surface area contributed by atoms with E-state index in [0.717, 1.165) is 5.56 Å². The summed E-state index contributed by atoms with van der Waals surface area (Å²) in [5.74, 6) is -0.205. The van der Waals surface area contributed by atoms with Crippen LogP contribution in [0.15, 0.2) is 71.6 Å². The lowest BCUT2D eigenvalue weighted by molar-refractivity contribution is -0.115. The van der Waals surface area contributed by atoms with Crippen LogP contribution in [0.4, 0.5) is 11.4 Å². The molecule has 9 heteroatoms. The Morgan fingerprint density at radius 2 is 1.34 bits per heavy atom. The fourth-order valence-electron chi connectivity index (χ4n) is 2.56. The number of benzene rings is 3. The summed E-state index contributed by atoms with van der Waals surface area (Å²) in [5.41, 5.74) is 1.68. The molecular formula is C20H15Cl3N2O3S. The van der Waals surface area contributed by atoms with Crippen LogP contribution in [0.1, 0.15) is 5.56 Å². The number of hydrogen-bond donors (Lipinski definition) is 2. The summed E-state index contributed by atoms with van der Waals surface area (Å²) in [6, 6.07) is 17.7. The Labute approximate surface area is 183 Å². The van der Waals surface area contributed by atoms with Crippen molar-refractivity contribution in [2.75, 3.05) is 10.0 Å². The summed E-state index contributed by atoms with van der Waals surface area (Å²) >= 11 is 17.8. The number of amides is 1. The predicted molar refractivity (Wildman–Crippen MR) is 117 cm³/mol. The summed E-state index contributed by atoms with van der Waals surface area (Å²) in [7, 11) is -3.96. The first-order valence-electron chi connectivity index (χ1n) is 8.36. The minimum absolute atomic E-state index is 0.0282. The number of carbonyl (C=O) groups is 1. The Bertz CT molecular complexity index is 1110. The van der Waals surface area contributed by atoms with E-state index < -0.39 is 10.0 Å². The van der Waals surface area contributed by atoms with Gasteiger partial charge < -0.3 is 5.32 Å². The van der Waals surface area contributed by atoms with Crippen LogP contribution in [0.25, 0.3) is 0 Å². The lowest BCUT2D eigenvalue weighted by Crippen LogP contribution is -2.15. The fraction of sp³-hybridized carbons (Fsp3) is 0.0500. The number of rotatable bonds is 6. The van der Waals surface area contributed by atoms with Crippen molar-refractivity contribution in [3.05, 3.63) is 87.4 Å². The van der Waals surface area contributed by atoms with Crippen molar-refractivity contribution in [2.45, 2.75) is 11.3 Å². The van der Waals surface area contributed by atoms with Gasteiger partial charge in [0.25, 0.3) is 10.0 Å². The topological polar surface area (TPSA) is 75.3 Å². The molecule has 3 aromatic carbocycles. The molecule has 1 amide bonds. The molecule has 0 unspecified atom stereocenters. The first kappa shape index (κ1) is 21.5. The van der Waals surface area contributed by atoms with E-state index in [4.69, 9.17) is 34.8 Å². The zero-order chi connectivity index (χ0) is 21.0. The lowest BCUT2D eigenvalue weighted by Gasteiger charge is -2.11. The van der Waals surface area contributed by atoms with Gasteiger partial charge in [-0.05, 0) is 54.1 Å². The molecule has 0 fully saturated rings. The van der Waals surface area contributed by atoms with E-state index in [9.17, 15) is 13.2 Å². The molecule has 2 N–H and O–H groups in total. The zero-order valence-electron chi connectivity index (χ0n) is 14.8. The summed E-state index contributed by atoms with van der Waals surface area (Å²) < 4.78 is 27.6. The highest BCUT2D eigenvalue weighted by atomic mass is 35.5. The molecule has 0 bridgehead atoms. The van der Waals surface area contributed by atoms with Gasteiger partial charge in [-0.25, -0.2) is 8.42 Å². The van der Waals surface area contributed by atoms with E-state index in [-0.39, 0.29) is 27.3 Å². The predicted octanol–water partition coefficient (Wildman–Crippen LogP) is 5.63. The monoisotopic (exact) mass is 468 g/mol. The molecule has 0 spiro atoms. The minimum atomic E-state index is -3.96. The Morgan fingerprint density at radius 1 is 0.793 bits per heavy atom. The summed E-state index contributed by atoms with van der Waals surface area (Å²) in [4.78, 5) is 12.0. The van der Waals surface area contributed by atoms with Crippen molar-refractivity contribution >= 4 is 62.1 Å². The molecule has 5 nitrogen and oxygen atoms in total. The van der Waals surface area contributed by atoms with Gasteiger partial charge in [0, 0.05) is 16.4 Å². The first-order chi connectivity index (χ1) is 13.7. The molecule has 29 heavy (non-hydrogen) atoms. The smallest absolute Gasteiger partial charge is 0.264 e. The molecule has 3 aromatic rings. The Morgan fingerprint density at radius 3 is 1.93 bits per heavy atom. The maximum Gasteiger partial charge on any atom is 0.264 e. The second kappa shape index (κ2) is 9.05.